The summed E-state index contributed by atoms with van der Waals surface area (Å²) in [6.45, 7) is 1.26. The van der Waals surface area contributed by atoms with Crippen LogP contribution < -0.4 is 0 Å². The van der Waals surface area contributed by atoms with Crippen molar-refractivity contribution in [3.05, 3.63) is 0 Å². The van der Waals surface area contributed by atoms with Crippen LogP contribution in [0.2, 0.25) is 0 Å². The third-order valence-electron chi connectivity index (χ3n) is 2.93. The number of aliphatic hydroxyl groups excluding tert-OH is 2. The topological polar surface area (TPSA) is 77.4 Å². The number of ether oxygens (including phenoxy) is 2. The molecule has 0 aliphatic carbocycles. The highest BCUT2D eigenvalue weighted by Crippen LogP contribution is 2.18. The number of aliphatic hydroxyl groups is 2. The van der Waals surface area contributed by atoms with Gasteiger partial charge in [-0.15, -0.1) is 0 Å². The van der Waals surface area contributed by atoms with Crippen LogP contribution in [-0.2, 0) is 19.2 Å². The summed E-state index contributed by atoms with van der Waals surface area (Å²) in [5, 5.41) is 18.4. The Balaban J connectivity index is 1.63. The zero-order valence-corrected chi connectivity index (χ0v) is 9.08. The van der Waals surface area contributed by atoms with Crippen LogP contribution in [0, 0.1) is 0 Å². The van der Waals surface area contributed by atoms with E-state index in [2.05, 4.69) is 0 Å². The second kappa shape index (κ2) is 5.90. The minimum Gasteiger partial charge on any atom is -0.394 e. The van der Waals surface area contributed by atoms with E-state index in [0.717, 1.165) is 0 Å². The Morgan fingerprint density at radius 1 is 1.12 bits per heavy atom. The van der Waals surface area contributed by atoms with Gasteiger partial charge in [0.05, 0.1) is 12.7 Å². The third-order valence-corrected chi connectivity index (χ3v) is 2.93. The van der Waals surface area contributed by atoms with Gasteiger partial charge in [0.1, 0.15) is 24.9 Å². The molecule has 2 aliphatic heterocycles. The van der Waals surface area contributed by atoms with Crippen molar-refractivity contribution in [2.24, 2.45) is 0 Å². The SMILES string of the molecule is OC[C@H]1OCCC1OOC[C@H]1OCCC1O. The fourth-order valence-electron chi connectivity index (χ4n) is 1.90. The average molecular weight is 234 g/mol. The maximum atomic E-state index is 9.45. The Bertz CT molecular complexity index is 211. The van der Waals surface area contributed by atoms with Gasteiger partial charge in [0.2, 0.25) is 0 Å². The zero-order chi connectivity index (χ0) is 11.4. The van der Waals surface area contributed by atoms with Gasteiger partial charge in [0.15, 0.2) is 0 Å². The molecule has 0 spiro atoms. The fourth-order valence-corrected chi connectivity index (χ4v) is 1.90. The van der Waals surface area contributed by atoms with Gasteiger partial charge in [-0.1, -0.05) is 0 Å². The standard InChI is InChI=1S/C10H18O6/c11-5-9-8(2-4-13-9)16-15-6-10-7(12)1-3-14-10/h7-12H,1-6H2/t7?,8?,9-,10-/m1/s1. The molecule has 2 rings (SSSR count). The summed E-state index contributed by atoms with van der Waals surface area (Å²) >= 11 is 0. The monoisotopic (exact) mass is 234 g/mol. The Morgan fingerprint density at radius 2 is 1.88 bits per heavy atom. The van der Waals surface area contributed by atoms with E-state index in [0.29, 0.717) is 26.1 Å². The Kier molecular flexibility index (Phi) is 4.51. The van der Waals surface area contributed by atoms with Crippen molar-refractivity contribution in [1.82, 2.24) is 0 Å². The average Bonchev–Trinajstić information content (AvgIpc) is 2.88. The summed E-state index contributed by atoms with van der Waals surface area (Å²) in [6, 6.07) is 0. The van der Waals surface area contributed by atoms with E-state index in [1.165, 1.54) is 0 Å². The molecule has 0 bridgehead atoms. The van der Waals surface area contributed by atoms with Crippen molar-refractivity contribution in [1.29, 1.82) is 0 Å². The summed E-state index contributed by atoms with van der Waals surface area (Å²) in [6.07, 6.45) is 0.0176. The molecule has 2 N–H and O–H groups in total. The number of hydrogen-bond donors (Lipinski definition) is 2. The van der Waals surface area contributed by atoms with E-state index < -0.39 is 6.10 Å². The Hall–Kier alpha value is -0.240. The van der Waals surface area contributed by atoms with Crippen LogP contribution in [0.3, 0.4) is 0 Å². The third kappa shape index (κ3) is 2.91. The molecule has 0 saturated carbocycles. The molecule has 0 aromatic carbocycles. The largest absolute Gasteiger partial charge is 0.394 e. The molecule has 0 radical (unpaired) electrons. The van der Waals surface area contributed by atoms with Gasteiger partial charge in [0, 0.05) is 19.6 Å². The first kappa shape index (κ1) is 12.2. The van der Waals surface area contributed by atoms with Crippen LogP contribution in [-0.4, -0.2) is 61.1 Å². The van der Waals surface area contributed by atoms with Gasteiger partial charge in [-0.05, 0) is 6.42 Å². The van der Waals surface area contributed by atoms with Crippen molar-refractivity contribution in [2.45, 2.75) is 37.3 Å². The number of rotatable bonds is 5. The molecule has 2 aliphatic rings. The molecule has 0 aromatic heterocycles. The van der Waals surface area contributed by atoms with E-state index in [1.807, 2.05) is 0 Å². The van der Waals surface area contributed by atoms with E-state index >= 15 is 0 Å². The Labute approximate surface area is 94.0 Å². The molecule has 2 fully saturated rings. The molecule has 2 saturated heterocycles. The van der Waals surface area contributed by atoms with Gasteiger partial charge >= 0.3 is 0 Å². The quantitative estimate of drug-likeness (QED) is 0.480. The molecule has 6 heteroatoms. The van der Waals surface area contributed by atoms with Crippen molar-refractivity contribution in [3.63, 3.8) is 0 Å². The summed E-state index contributed by atoms with van der Waals surface area (Å²) < 4.78 is 10.5. The highest BCUT2D eigenvalue weighted by atomic mass is 17.2. The fraction of sp³-hybridized carbons (Fsp3) is 1.00. The summed E-state index contributed by atoms with van der Waals surface area (Å²) in [5.41, 5.74) is 0. The highest BCUT2D eigenvalue weighted by Gasteiger charge is 2.31. The summed E-state index contributed by atoms with van der Waals surface area (Å²) in [4.78, 5) is 10.2. The predicted octanol–water partition coefficient (Wildman–Crippen LogP) is -0.766. The predicted molar refractivity (Wildman–Crippen MR) is 52.6 cm³/mol. The van der Waals surface area contributed by atoms with Crippen LogP contribution in [0.1, 0.15) is 12.8 Å². The molecular formula is C10H18O6. The maximum Gasteiger partial charge on any atom is 0.123 e. The van der Waals surface area contributed by atoms with Crippen molar-refractivity contribution in [2.75, 3.05) is 26.4 Å². The van der Waals surface area contributed by atoms with Gasteiger partial charge in [-0.2, -0.15) is 0 Å². The van der Waals surface area contributed by atoms with E-state index in [9.17, 15) is 5.11 Å². The molecule has 2 unspecified atom stereocenters. The molecule has 94 valence electrons. The van der Waals surface area contributed by atoms with E-state index in [-0.39, 0.29) is 31.5 Å². The van der Waals surface area contributed by atoms with Gasteiger partial charge in [-0.25, -0.2) is 9.78 Å². The summed E-state index contributed by atoms with van der Waals surface area (Å²) in [7, 11) is 0. The molecule has 0 aromatic rings. The van der Waals surface area contributed by atoms with Crippen molar-refractivity contribution < 1.29 is 29.5 Å². The van der Waals surface area contributed by atoms with Crippen molar-refractivity contribution >= 4 is 0 Å². The molecule has 6 nitrogen and oxygen atoms in total. The maximum absolute atomic E-state index is 9.45. The van der Waals surface area contributed by atoms with Crippen LogP contribution in [0.15, 0.2) is 0 Å². The first-order chi connectivity index (χ1) is 7.81. The molecule has 4 atom stereocenters. The lowest BCUT2D eigenvalue weighted by Gasteiger charge is -2.18. The van der Waals surface area contributed by atoms with Gasteiger partial charge in [0.25, 0.3) is 0 Å². The molecule has 0 amide bonds. The van der Waals surface area contributed by atoms with Gasteiger partial charge < -0.3 is 19.7 Å². The molecular weight excluding hydrogens is 216 g/mol. The Morgan fingerprint density at radius 3 is 2.56 bits per heavy atom. The molecule has 16 heavy (non-hydrogen) atoms. The normalized spacial score (nSPS) is 39.4. The zero-order valence-electron chi connectivity index (χ0n) is 9.08. The van der Waals surface area contributed by atoms with Crippen LogP contribution >= 0.6 is 0 Å². The van der Waals surface area contributed by atoms with Crippen LogP contribution in [0.25, 0.3) is 0 Å². The molecule has 2 heterocycles. The van der Waals surface area contributed by atoms with Gasteiger partial charge in [-0.3, -0.25) is 0 Å². The minimum absolute atomic E-state index is 0.0728. The second-order valence-corrected chi connectivity index (χ2v) is 4.06. The highest BCUT2D eigenvalue weighted by molar-refractivity contribution is 4.76. The van der Waals surface area contributed by atoms with Crippen LogP contribution in [0.5, 0.6) is 0 Å². The lowest BCUT2D eigenvalue weighted by Crippen LogP contribution is -2.31. The summed E-state index contributed by atoms with van der Waals surface area (Å²) in [5.74, 6) is 0. The van der Waals surface area contributed by atoms with Crippen LogP contribution in [0.4, 0.5) is 0 Å². The first-order valence-corrected chi connectivity index (χ1v) is 5.61. The lowest BCUT2D eigenvalue weighted by molar-refractivity contribution is -0.341. The number of hydrogen-bond acceptors (Lipinski definition) is 6. The van der Waals surface area contributed by atoms with Crippen molar-refractivity contribution in [3.8, 4) is 0 Å². The van der Waals surface area contributed by atoms with E-state index in [1.54, 1.807) is 0 Å². The minimum atomic E-state index is -0.475. The smallest absolute Gasteiger partial charge is 0.123 e. The van der Waals surface area contributed by atoms with E-state index in [4.69, 9.17) is 24.4 Å². The lowest BCUT2D eigenvalue weighted by atomic mass is 10.2. The first-order valence-electron chi connectivity index (χ1n) is 5.61. The second-order valence-electron chi connectivity index (χ2n) is 4.06.